The number of ether oxygens (including phenoxy) is 1. The van der Waals surface area contributed by atoms with Gasteiger partial charge in [0.1, 0.15) is 5.75 Å². The van der Waals surface area contributed by atoms with Crippen LogP contribution in [0.25, 0.3) is 0 Å². The topological polar surface area (TPSA) is 25.4 Å². The molecule has 4 heteroatoms. The molecule has 1 aromatic heterocycles. The summed E-state index contributed by atoms with van der Waals surface area (Å²) in [6, 6.07) is 14.6. The number of benzene rings is 1. The van der Waals surface area contributed by atoms with E-state index in [1.54, 1.807) is 13.3 Å². The van der Waals surface area contributed by atoms with E-state index in [2.05, 4.69) is 47.1 Å². The molecule has 0 saturated carbocycles. The van der Waals surface area contributed by atoms with E-state index in [9.17, 15) is 0 Å². The predicted molar refractivity (Wildman–Crippen MR) is 94.3 cm³/mol. The minimum absolute atomic E-state index is 0.805. The molecule has 118 valence electrons. The van der Waals surface area contributed by atoms with Crippen LogP contribution in [0.1, 0.15) is 18.2 Å². The lowest BCUT2D eigenvalue weighted by Crippen LogP contribution is -2.26. The zero-order chi connectivity index (χ0) is 15.6. The van der Waals surface area contributed by atoms with Gasteiger partial charge in [-0.05, 0) is 23.4 Å². The van der Waals surface area contributed by atoms with Crippen LogP contribution >= 0.6 is 11.8 Å². The molecule has 0 atom stereocenters. The molecular formula is C18H24N2OS. The van der Waals surface area contributed by atoms with Gasteiger partial charge in [-0.1, -0.05) is 37.3 Å². The first-order chi connectivity index (χ1) is 10.8. The van der Waals surface area contributed by atoms with Crippen molar-refractivity contribution in [2.75, 3.05) is 25.2 Å². The Morgan fingerprint density at radius 3 is 2.55 bits per heavy atom. The second-order valence-electron chi connectivity index (χ2n) is 5.08. The highest BCUT2D eigenvalue weighted by molar-refractivity contribution is 7.99. The third-order valence-electron chi connectivity index (χ3n) is 3.42. The summed E-state index contributed by atoms with van der Waals surface area (Å²) in [6.45, 7) is 5.10. The van der Waals surface area contributed by atoms with E-state index in [-0.39, 0.29) is 0 Å². The monoisotopic (exact) mass is 316 g/mol. The molecule has 0 bridgehead atoms. The molecule has 0 radical (unpaired) electrons. The Bertz CT molecular complexity index is 531. The number of nitrogens with zero attached hydrogens (tertiary/aromatic N) is 2. The largest absolute Gasteiger partial charge is 0.495 e. The van der Waals surface area contributed by atoms with Crippen LogP contribution in [0.15, 0.2) is 48.7 Å². The Kier molecular flexibility index (Phi) is 7.26. The maximum Gasteiger partial charge on any atom is 0.137 e. The lowest BCUT2D eigenvalue weighted by atomic mass is 10.2. The van der Waals surface area contributed by atoms with Gasteiger partial charge in [-0.15, -0.1) is 0 Å². The number of methoxy groups -OCH3 is 1. The quantitative estimate of drug-likeness (QED) is 0.656. The SMILES string of the molecule is CCSCCN(Cc1ccccc1)Cc1ccc(OC)cn1. The van der Waals surface area contributed by atoms with E-state index in [0.29, 0.717) is 0 Å². The second-order valence-corrected chi connectivity index (χ2v) is 6.48. The molecule has 0 aliphatic carbocycles. The first-order valence-corrected chi connectivity index (χ1v) is 8.80. The van der Waals surface area contributed by atoms with Crippen molar-refractivity contribution in [3.8, 4) is 5.75 Å². The van der Waals surface area contributed by atoms with Crippen LogP contribution in [0.4, 0.5) is 0 Å². The van der Waals surface area contributed by atoms with Crippen LogP contribution in [0.2, 0.25) is 0 Å². The minimum atomic E-state index is 0.805. The summed E-state index contributed by atoms with van der Waals surface area (Å²) in [5.41, 5.74) is 2.43. The van der Waals surface area contributed by atoms with E-state index in [1.807, 2.05) is 23.9 Å². The molecule has 0 N–H and O–H groups in total. The molecule has 0 amide bonds. The molecule has 3 nitrogen and oxygen atoms in total. The van der Waals surface area contributed by atoms with Crippen molar-refractivity contribution < 1.29 is 4.74 Å². The van der Waals surface area contributed by atoms with E-state index < -0.39 is 0 Å². The van der Waals surface area contributed by atoms with Crippen molar-refractivity contribution in [1.29, 1.82) is 0 Å². The van der Waals surface area contributed by atoms with Gasteiger partial charge in [0.15, 0.2) is 0 Å². The number of thioether (sulfide) groups is 1. The number of hydrogen-bond acceptors (Lipinski definition) is 4. The van der Waals surface area contributed by atoms with Crippen LogP contribution in [0.3, 0.4) is 0 Å². The normalized spacial score (nSPS) is 10.9. The van der Waals surface area contributed by atoms with Crippen LogP contribution in [-0.2, 0) is 13.1 Å². The Balaban J connectivity index is 1.99. The van der Waals surface area contributed by atoms with E-state index in [0.717, 1.165) is 36.8 Å². The van der Waals surface area contributed by atoms with Gasteiger partial charge >= 0.3 is 0 Å². The van der Waals surface area contributed by atoms with Crippen molar-refractivity contribution in [2.24, 2.45) is 0 Å². The van der Waals surface area contributed by atoms with Crippen LogP contribution in [0, 0.1) is 0 Å². The standard InChI is InChI=1S/C18H24N2OS/c1-3-22-12-11-20(14-16-7-5-4-6-8-16)15-17-9-10-18(21-2)13-19-17/h4-10,13H,3,11-12,14-15H2,1-2H3. The molecule has 2 rings (SSSR count). The van der Waals surface area contributed by atoms with Crippen LogP contribution in [-0.4, -0.2) is 35.0 Å². The molecule has 0 fully saturated rings. The maximum atomic E-state index is 5.17. The van der Waals surface area contributed by atoms with Crippen LogP contribution < -0.4 is 4.74 Å². The molecule has 1 heterocycles. The lowest BCUT2D eigenvalue weighted by molar-refractivity contribution is 0.270. The van der Waals surface area contributed by atoms with Crippen molar-refractivity contribution in [3.63, 3.8) is 0 Å². The van der Waals surface area contributed by atoms with Crippen molar-refractivity contribution >= 4 is 11.8 Å². The second kappa shape index (κ2) is 9.49. The first kappa shape index (κ1) is 16.8. The summed E-state index contributed by atoms with van der Waals surface area (Å²) in [5.74, 6) is 3.12. The average molecular weight is 316 g/mol. The molecule has 1 aromatic carbocycles. The van der Waals surface area contributed by atoms with Crippen molar-refractivity contribution in [2.45, 2.75) is 20.0 Å². The van der Waals surface area contributed by atoms with E-state index in [4.69, 9.17) is 4.74 Å². The van der Waals surface area contributed by atoms with Gasteiger partial charge in [-0.3, -0.25) is 9.88 Å². The number of hydrogen-bond donors (Lipinski definition) is 0. The number of pyridine rings is 1. The molecule has 0 aliphatic rings. The molecular weight excluding hydrogens is 292 g/mol. The van der Waals surface area contributed by atoms with Gasteiger partial charge in [-0.25, -0.2) is 0 Å². The summed E-state index contributed by atoms with van der Waals surface area (Å²) in [4.78, 5) is 6.94. The Morgan fingerprint density at radius 1 is 1.09 bits per heavy atom. The van der Waals surface area contributed by atoms with Gasteiger partial charge in [-0.2, -0.15) is 11.8 Å². The van der Waals surface area contributed by atoms with Crippen molar-refractivity contribution in [3.05, 3.63) is 59.9 Å². The highest BCUT2D eigenvalue weighted by Crippen LogP contribution is 2.13. The fourth-order valence-electron chi connectivity index (χ4n) is 2.25. The van der Waals surface area contributed by atoms with Gasteiger partial charge in [0.25, 0.3) is 0 Å². The molecule has 0 unspecified atom stereocenters. The Morgan fingerprint density at radius 2 is 1.91 bits per heavy atom. The van der Waals surface area contributed by atoms with Gasteiger partial charge in [0, 0.05) is 25.4 Å². The zero-order valence-corrected chi connectivity index (χ0v) is 14.2. The van der Waals surface area contributed by atoms with Gasteiger partial charge in [0.05, 0.1) is 19.0 Å². The summed E-state index contributed by atoms with van der Waals surface area (Å²) >= 11 is 1.98. The van der Waals surface area contributed by atoms with E-state index >= 15 is 0 Å². The molecule has 0 saturated heterocycles. The summed E-state index contributed by atoms with van der Waals surface area (Å²) in [6.07, 6.45) is 1.79. The first-order valence-electron chi connectivity index (χ1n) is 7.64. The predicted octanol–water partition coefficient (Wildman–Crippen LogP) is 3.85. The Hall–Kier alpha value is -1.52. The lowest BCUT2D eigenvalue weighted by Gasteiger charge is -2.22. The number of rotatable bonds is 9. The third kappa shape index (κ3) is 5.70. The highest BCUT2D eigenvalue weighted by Gasteiger charge is 2.08. The highest BCUT2D eigenvalue weighted by atomic mass is 32.2. The van der Waals surface area contributed by atoms with Crippen molar-refractivity contribution in [1.82, 2.24) is 9.88 Å². The third-order valence-corrected chi connectivity index (χ3v) is 4.30. The maximum absolute atomic E-state index is 5.17. The molecule has 0 aliphatic heterocycles. The van der Waals surface area contributed by atoms with Gasteiger partial charge in [0.2, 0.25) is 0 Å². The Labute approximate surface area is 137 Å². The molecule has 2 aromatic rings. The fourth-order valence-corrected chi connectivity index (χ4v) is 2.92. The zero-order valence-electron chi connectivity index (χ0n) is 13.4. The average Bonchev–Trinajstić information content (AvgIpc) is 2.56. The van der Waals surface area contributed by atoms with Crippen LogP contribution in [0.5, 0.6) is 5.75 Å². The smallest absolute Gasteiger partial charge is 0.137 e. The van der Waals surface area contributed by atoms with Gasteiger partial charge < -0.3 is 4.74 Å². The summed E-state index contributed by atoms with van der Waals surface area (Å²) < 4.78 is 5.17. The fraction of sp³-hybridized carbons (Fsp3) is 0.389. The summed E-state index contributed by atoms with van der Waals surface area (Å²) in [5, 5.41) is 0. The van der Waals surface area contributed by atoms with E-state index in [1.165, 1.54) is 11.3 Å². The minimum Gasteiger partial charge on any atom is -0.495 e. The number of aromatic nitrogens is 1. The molecule has 0 spiro atoms. The summed E-state index contributed by atoms with van der Waals surface area (Å²) in [7, 11) is 1.67. The molecule has 22 heavy (non-hydrogen) atoms.